The second-order valence-electron chi connectivity index (χ2n) is 6.57. The van der Waals surface area contributed by atoms with Crippen molar-refractivity contribution in [2.24, 2.45) is 0 Å². The van der Waals surface area contributed by atoms with Crippen molar-refractivity contribution in [3.8, 4) is 23.0 Å². The Morgan fingerprint density at radius 3 is 2.80 bits per heavy atom. The lowest BCUT2D eigenvalue weighted by atomic mass is 10.1. The van der Waals surface area contributed by atoms with Crippen LogP contribution in [0.5, 0.6) is 11.6 Å². The standard InChI is InChI=1S/C21H16ClF2N3O3/c1-29-18-5-3-13(22)8-15(18)19-25-10-16-20(26-19)30-7-6-27(21(16)28)11-12-2-4-14(23)9-17(12)24/h2-5,8-10H,6-7,11H2,1H3. The number of hydrogen-bond acceptors (Lipinski definition) is 5. The van der Waals surface area contributed by atoms with Gasteiger partial charge in [-0.1, -0.05) is 17.7 Å². The third-order valence-electron chi connectivity index (χ3n) is 4.65. The number of carbonyl (C=O) groups is 1. The van der Waals surface area contributed by atoms with E-state index in [2.05, 4.69) is 9.97 Å². The SMILES string of the molecule is COc1ccc(Cl)cc1-c1ncc2c(n1)OCCN(Cc1ccc(F)cc1F)C2=O. The van der Waals surface area contributed by atoms with Gasteiger partial charge in [-0.15, -0.1) is 0 Å². The number of benzene rings is 2. The van der Waals surface area contributed by atoms with E-state index in [4.69, 9.17) is 21.1 Å². The Labute approximate surface area is 176 Å². The van der Waals surface area contributed by atoms with Crippen molar-refractivity contribution < 1.29 is 23.0 Å². The van der Waals surface area contributed by atoms with Crippen LogP contribution in [0.15, 0.2) is 42.6 Å². The lowest BCUT2D eigenvalue weighted by molar-refractivity contribution is 0.0741. The molecule has 2 aromatic carbocycles. The number of aromatic nitrogens is 2. The smallest absolute Gasteiger partial charge is 0.261 e. The quantitative estimate of drug-likeness (QED) is 0.621. The maximum Gasteiger partial charge on any atom is 0.261 e. The number of ether oxygens (including phenoxy) is 2. The molecule has 1 aliphatic heterocycles. The molecule has 0 atom stereocenters. The van der Waals surface area contributed by atoms with Gasteiger partial charge in [-0.2, -0.15) is 4.98 Å². The number of rotatable bonds is 4. The van der Waals surface area contributed by atoms with Gasteiger partial charge in [0.05, 0.1) is 19.2 Å². The molecule has 0 unspecified atom stereocenters. The number of nitrogens with zero attached hydrogens (tertiary/aromatic N) is 3. The summed E-state index contributed by atoms with van der Waals surface area (Å²) in [5, 5.41) is 0.480. The van der Waals surface area contributed by atoms with Crippen LogP contribution in [-0.2, 0) is 6.54 Å². The number of halogens is 3. The molecule has 0 fully saturated rings. The average molecular weight is 432 g/mol. The molecular weight excluding hydrogens is 416 g/mol. The third-order valence-corrected chi connectivity index (χ3v) is 4.89. The second-order valence-corrected chi connectivity index (χ2v) is 7.00. The number of fused-ring (bicyclic) bond motifs is 1. The zero-order valence-corrected chi connectivity index (χ0v) is 16.6. The van der Waals surface area contributed by atoms with Gasteiger partial charge in [0.1, 0.15) is 29.6 Å². The molecule has 30 heavy (non-hydrogen) atoms. The molecule has 6 nitrogen and oxygen atoms in total. The van der Waals surface area contributed by atoms with Crippen molar-refractivity contribution in [1.82, 2.24) is 14.9 Å². The Bertz CT molecular complexity index is 1130. The highest BCUT2D eigenvalue weighted by Gasteiger charge is 2.27. The van der Waals surface area contributed by atoms with Crippen LogP contribution in [0, 0.1) is 11.6 Å². The molecule has 4 rings (SSSR count). The highest BCUT2D eigenvalue weighted by molar-refractivity contribution is 6.30. The van der Waals surface area contributed by atoms with Gasteiger partial charge >= 0.3 is 0 Å². The van der Waals surface area contributed by atoms with E-state index >= 15 is 0 Å². The van der Waals surface area contributed by atoms with Crippen LogP contribution in [0.25, 0.3) is 11.4 Å². The van der Waals surface area contributed by atoms with E-state index < -0.39 is 17.5 Å². The van der Waals surface area contributed by atoms with Crippen molar-refractivity contribution in [1.29, 1.82) is 0 Å². The highest BCUT2D eigenvalue weighted by Crippen LogP contribution is 2.32. The first kappa shape index (κ1) is 20.0. The van der Waals surface area contributed by atoms with Gasteiger partial charge in [-0.3, -0.25) is 4.79 Å². The maximum atomic E-state index is 14.0. The minimum absolute atomic E-state index is 0.0301. The number of carbonyl (C=O) groups excluding carboxylic acids is 1. The summed E-state index contributed by atoms with van der Waals surface area (Å²) in [6.45, 7) is 0.337. The van der Waals surface area contributed by atoms with Crippen LogP contribution in [0.2, 0.25) is 5.02 Å². The molecule has 1 amide bonds. The molecule has 0 saturated heterocycles. The fourth-order valence-corrected chi connectivity index (χ4v) is 3.31. The van der Waals surface area contributed by atoms with Crippen molar-refractivity contribution >= 4 is 17.5 Å². The zero-order chi connectivity index (χ0) is 21.3. The molecule has 0 bridgehead atoms. The largest absolute Gasteiger partial charge is 0.496 e. The van der Waals surface area contributed by atoms with E-state index in [1.165, 1.54) is 24.3 Å². The molecule has 154 valence electrons. The monoisotopic (exact) mass is 431 g/mol. The van der Waals surface area contributed by atoms with Crippen LogP contribution in [0.1, 0.15) is 15.9 Å². The summed E-state index contributed by atoms with van der Waals surface area (Å²) < 4.78 is 38.2. The molecule has 0 spiro atoms. The minimum Gasteiger partial charge on any atom is -0.496 e. The fraction of sp³-hybridized carbons (Fsp3) is 0.190. The summed E-state index contributed by atoms with van der Waals surface area (Å²) in [5.41, 5.74) is 0.910. The van der Waals surface area contributed by atoms with E-state index in [1.54, 1.807) is 18.2 Å². The van der Waals surface area contributed by atoms with Gasteiger partial charge in [0.15, 0.2) is 5.82 Å². The van der Waals surface area contributed by atoms with Crippen LogP contribution in [0.3, 0.4) is 0 Å². The van der Waals surface area contributed by atoms with Gasteiger partial charge in [0.2, 0.25) is 5.88 Å². The first-order valence-electron chi connectivity index (χ1n) is 9.03. The van der Waals surface area contributed by atoms with Gasteiger partial charge in [0, 0.05) is 29.4 Å². The molecule has 1 aromatic heterocycles. The van der Waals surface area contributed by atoms with Crippen molar-refractivity contribution in [3.05, 3.63) is 70.4 Å². The molecule has 9 heteroatoms. The summed E-state index contributed by atoms with van der Waals surface area (Å²) >= 11 is 6.08. The Kier molecular flexibility index (Phi) is 5.50. The molecule has 0 radical (unpaired) electrons. The van der Waals surface area contributed by atoms with Gasteiger partial charge in [-0.25, -0.2) is 13.8 Å². The van der Waals surface area contributed by atoms with E-state index in [9.17, 15) is 13.6 Å². The Morgan fingerprint density at radius 1 is 1.20 bits per heavy atom. The van der Waals surface area contributed by atoms with Gasteiger partial charge < -0.3 is 14.4 Å². The Morgan fingerprint density at radius 2 is 2.03 bits per heavy atom. The Hall–Kier alpha value is -3.26. The summed E-state index contributed by atoms with van der Waals surface area (Å²) in [4.78, 5) is 23.0. The van der Waals surface area contributed by atoms with Gasteiger partial charge in [0.25, 0.3) is 5.91 Å². The minimum atomic E-state index is -0.715. The normalized spacial score (nSPS) is 13.5. The van der Waals surface area contributed by atoms with E-state index in [0.717, 1.165) is 12.1 Å². The molecule has 0 N–H and O–H groups in total. The second kappa shape index (κ2) is 8.23. The van der Waals surface area contributed by atoms with Crippen LogP contribution in [0.4, 0.5) is 8.78 Å². The first-order chi connectivity index (χ1) is 14.5. The molecule has 1 aliphatic rings. The predicted molar refractivity (Wildman–Crippen MR) is 106 cm³/mol. The van der Waals surface area contributed by atoms with Crippen molar-refractivity contribution in [2.45, 2.75) is 6.54 Å². The summed E-state index contributed by atoms with van der Waals surface area (Å²) in [5.74, 6) is -0.867. The van der Waals surface area contributed by atoms with Crippen molar-refractivity contribution in [2.75, 3.05) is 20.3 Å². The van der Waals surface area contributed by atoms with E-state index in [1.807, 2.05) is 0 Å². The van der Waals surface area contributed by atoms with Crippen LogP contribution < -0.4 is 9.47 Å². The molecular formula is C21H16ClF2N3O3. The number of methoxy groups -OCH3 is 1. The molecule has 2 heterocycles. The number of hydrogen-bond donors (Lipinski definition) is 0. The first-order valence-corrected chi connectivity index (χ1v) is 9.41. The number of amides is 1. The molecule has 0 aliphatic carbocycles. The zero-order valence-electron chi connectivity index (χ0n) is 15.9. The van der Waals surface area contributed by atoms with Crippen molar-refractivity contribution in [3.63, 3.8) is 0 Å². The molecule has 3 aromatic rings. The lowest BCUT2D eigenvalue weighted by Crippen LogP contribution is -2.32. The van der Waals surface area contributed by atoms with E-state index in [0.29, 0.717) is 22.2 Å². The lowest BCUT2D eigenvalue weighted by Gasteiger charge is -2.20. The summed E-state index contributed by atoms with van der Waals surface area (Å²) in [6.07, 6.45) is 1.36. The Balaban J connectivity index is 1.65. The average Bonchev–Trinajstić information content (AvgIpc) is 2.88. The predicted octanol–water partition coefficient (Wildman–Crippen LogP) is 4.12. The molecule has 0 saturated carbocycles. The summed E-state index contributed by atoms with van der Waals surface area (Å²) in [7, 11) is 1.52. The maximum absolute atomic E-state index is 14.0. The highest BCUT2D eigenvalue weighted by atomic mass is 35.5. The fourth-order valence-electron chi connectivity index (χ4n) is 3.14. The van der Waals surface area contributed by atoms with Gasteiger partial charge in [-0.05, 0) is 24.3 Å². The summed E-state index contributed by atoms with van der Waals surface area (Å²) in [6, 6.07) is 8.28. The third kappa shape index (κ3) is 3.91. The topological polar surface area (TPSA) is 64.6 Å². The van der Waals surface area contributed by atoms with Crippen LogP contribution in [-0.4, -0.2) is 41.0 Å². The van der Waals surface area contributed by atoms with Crippen LogP contribution >= 0.6 is 11.6 Å². The van der Waals surface area contributed by atoms with E-state index in [-0.39, 0.29) is 36.7 Å².